The number of carbonyl (C=O) groups excluding carboxylic acids is 1. The third-order valence-corrected chi connectivity index (χ3v) is 5.62. The fourth-order valence-corrected chi connectivity index (χ4v) is 4.07. The number of amides is 1. The highest BCUT2D eigenvalue weighted by Gasteiger charge is 2.33. The van der Waals surface area contributed by atoms with Gasteiger partial charge in [0.1, 0.15) is 5.82 Å². The minimum absolute atomic E-state index is 0.0364. The van der Waals surface area contributed by atoms with Crippen molar-refractivity contribution in [2.24, 2.45) is 13.0 Å². The van der Waals surface area contributed by atoms with Crippen LogP contribution in [-0.4, -0.2) is 53.0 Å². The van der Waals surface area contributed by atoms with Crippen molar-refractivity contribution in [3.05, 3.63) is 48.4 Å². The topological polar surface area (TPSA) is 84.1 Å². The highest BCUT2D eigenvalue weighted by atomic mass is 16.2. The summed E-state index contributed by atoms with van der Waals surface area (Å²) in [7, 11) is 1.82. The predicted octanol–water partition coefficient (Wildman–Crippen LogP) is 2.21. The second kappa shape index (κ2) is 5.94. The lowest BCUT2D eigenvalue weighted by molar-refractivity contribution is 0.0665. The van der Waals surface area contributed by atoms with Crippen molar-refractivity contribution in [1.29, 1.82) is 0 Å². The summed E-state index contributed by atoms with van der Waals surface area (Å²) < 4.78 is 3.83. The van der Waals surface area contributed by atoms with Crippen LogP contribution in [0, 0.1) is 5.92 Å². The molecule has 138 valence electrons. The number of aromatic nitrogens is 6. The molecule has 8 heteroatoms. The molecule has 5 heterocycles. The van der Waals surface area contributed by atoms with Crippen molar-refractivity contribution in [3.8, 4) is 0 Å². The van der Waals surface area contributed by atoms with Crippen LogP contribution in [0.1, 0.15) is 35.4 Å². The number of piperidine rings is 1. The number of aromatic amines is 1. The van der Waals surface area contributed by atoms with Crippen molar-refractivity contribution in [1.82, 2.24) is 34.0 Å². The van der Waals surface area contributed by atoms with Gasteiger partial charge in [-0.3, -0.25) is 13.9 Å². The molecule has 1 aliphatic rings. The first-order valence-electron chi connectivity index (χ1n) is 9.19. The number of likely N-dealkylation sites (tertiary alicyclic amines) is 1. The molecule has 0 saturated carbocycles. The molecule has 5 rings (SSSR count). The first-order valence-corrected chi connectivity index (χ1v) is 9.19. The van der Waals surface area contributed by atoms with E-state index >= 15 is 0 Å². The van der Waals surface area contributed by atoms with Crippen molar-refractivity contribution in [2.45, 2.75) is 19.3 Å². The fourth-order valence-electron chi connectivity index (χ4n) is 4.07. The van der Waals surface area contributed by atoms with Gasteiger partial charge >= 0.3 is 0 Å². The Kier molecular flexibility index (Phi) is 3.53. The van der Waals surface area contributed by atoms with E-state index in [0.717, 1.165) is 35.5 Å². The number of fused-ring (bicyclic) bond motifs is 3. The second-order valence-corrected chi connectivity index (χ2v) is 7.37. The zero-order valence-electron chi connectivity index (χ0n) is 15.3. The van der Waals surface area contributed by atoms with Crippen LogP contribution >= 0.6 is 0 Å². The van der Waals surface area contributed by atoms with Gasteiger partial charge in [-0.15, -0.1) is 0 Å². The first-order chi connectivity index (χ1) is 13.1. The van der Waals surface area contributed by atoms with E-state index in [1.54, 1.807) is 17.1 Å². The molecule has 1 N–H and O–H groups in total. The fraction of sp³-hybridized carbons (Fsp3) is 0.368. The molecule has 4 aromatic rings. The summed E-state index contributed by atoms with van der Waals surface area (Å²) in [5.74, 6) is 1.64. The van der Waals surface area contributed by atoms with Crippen LogP contribution in [0.5, 0.6) is 0 Å². The Hall–Kier alpha value is -3.16. The van der Waals surface area contributed by atoms with E-state index < -0.39 is 0 Å². The van der Waals surface area contributed by atoms with Gasteiger partial charge in [0.15, 0.2) is 5.65 Å². The molecule has 2 unspecified atom stereocenters. The molecule has 0 radical (unpaired) electrons. The quantitative estimate of drug-likeness (QED) is 0.592. The number of nitrogens with one attached hydrogen (secondary N) is 1. The lowest BCUT2D eigenvalue weighted by Crippen LogP contribution is -2.42. The summed E-state index contributed by atoms with van der Waals surface area (Å²) in [6.45, 7) is 3.66. The minimum Gasteiger partial charge on any atom is -0.345 e. The average molecular weight is 363 g/mol. The molecule has 8 nitrogen and oxygen atoms in total. The monoisotopic (exact) mass is 363 g/mol. The summed E-state index contributed by atoms with van der Waals surface area (Å²) >= 11 is 0. The molecule has 0 spiro atoms. The summed E-state index contributed by atoms with van der Waals surface area (Å²) in [6.07, 6.45) is 9.95. The van der Waals surface area contributed by atoms with Gasteiger partial charge in [-0.1, -0.05) is 6.92 Å². The molecule has 4 aromatic heterocycles. The average Bonchev–Trinajstić information content (AvgIpc) is 3.39. The zero-order valence-corrected chi connectivity index (χ0v) is 15.3. The van der Waals surface area contributed by atoms with E-state index in [9.17, 15) is 4.79 Å². The van der Waals surface area contributed by atoms with Crippen molar-refractivity contribution < 1.29 is 4.79 Å². The number of aryl methyl sites for hydroxylation is 1. The Morgan fingerprint density at radius 1 is 1.26 bits per heavy atom. The normalized spacial score (nSPS) is 20.6. The molecule has 1 amide bonds. The molecule has 0 bridgehead atoms. The third kappa shape index (κ3) is 2.51. The second-order valence-electron chi connectivity index (χ2n) is 7.37. The Morgan fingerprint density at radius 3 is 2.93 bits per heavy atom. The number of nitrogens with zero attached hydrogens (tertiary/aromatic N) is 6. The zero-order chi connectivity index (χ0) is 18.5. The number of H-pyrrole nitrogens is 1. The third-order valence-electron chi connectivity index (χ3n) is 5.62. The van der Waals surface area contributed by atoms with Gasteiger partial charge in [-0.05, 0) is 18.4 Å². The first kappa shape index (κ1) is 16.0. The Morgan fingerprint density at radius 2 is 2.11 bits per heavy atom. The summed E-state index contributed by atoms with van der Waals surface area (Å²) in [6, 6.07) is 2.02. The van der Waals surface area contributed by atoms with Crippen LogP contribution in [-0.2, 0) is 7.05 Å². The number of rotatable bonds is 2. The van der Waals surface area contributed by atoms with Crippen LogP contribution in [0.25, 0.3) is 16.7 Å². The van der Waals surface area contributed by atoms with Gasteiger partial charge in [0.05, 0.1) is 35.2 Å². The molecule has 0 aromatic carbocycles. The van der Waals surface area contributed by atoms with Crippen LogP contribution < -0.4 is 0 Å². The summed E-state index contributed by atoms with van der Waals surface area (Å²) in [5, 5.41) is 4.13. The van der Waals surface area contributed by atoms with Gasteiger partial charge in [-0.25, -0.2) is 9.97 Å². The molecule has 1 saturated heterocycles. The molecule has 27 heavy (non-hydrogen) atoms. The highest BCUT2D eigenvalue weighted by molar-refractivity contribution is 5.93. The van der Waals surface area contributed by atoms with Crippen molar-refractivity contribution >= 4 is 22.6 Å². The molecule has 1 fully saturated rings. The van der Waals surface area contributed by atoms with Crippen LogP contribution in [0.15, 0.2) is 37.1 Å². The van der Waals surface area contributed by atoms with E-state index in [2.05, 4.69) is 26.4 Å². The molecule has 0 aliphatic carbocycles. The minimum atomic E-state index is 0.0364. The van der Waals surface area contributed by atoms with E-state index in [1.807, 2.05) is 36.6 Å². The number of imidazole rings is 1. The number of carbonyl (C=O) groups is 1. The van der Waals surface area contributed by atoms with Crippen molar-refractivity contribution in [3.63, 3.8) is 0 Å². The summed E-state index contributed by atoms with van der Waals surface area (Å²) in [5.41, 5.74) is 3.47. The largest absolute Gasteiger partial charge is 0.345 e. The highest BCUT2D eigenvalue weighted by Crippen LogP contribution is 2.33. The maximum absolute atomic E-state index is 12.9. The molecule has 1 aliphatic heterocycles. The van der Waals surface area contributed by atoms with Gasteiger partial charge in [0, 0.05) is 38.4 Å². The van der Waals surface area contributed by atoms with Crippen molar-refractivity contribution in [2.75, 3.05) is 13.1 Å². The maximum Gasteiger partial charge on any atom is 0.257 e. The lowest BCUT2D eigenvalue weighted by atomic mass is 9.86. The lowest BCUT2D eigenvalue weighted by Gasteiger charge is -2.36. The molecule has 2 atom stereocenters. The van der Waals surface area contributed by atoms with E-state index in [0.29, 0.717) is 18.0 Å². The Bertz CT molecular complexity index is 1140. The van der Waals surface area contributed by atoms with Gasteiger partial charge in [0.2, 0.25) is 0 Å². The van der Waals surface area contributed by atoms with Gasteiger partial charge < -0.3 is 9.88 Å². The predicted molar refractivity (Wildman–Crippen MR) is 100 cm³/mol. The van der Waals surface area contributed by atoms with Crippen LogP contribution in [0.2, 0.25) is 0 Å². The number of hydrogen-bond acceptors (Lipinski definition) is 4. The Balaban J connectivity index is 1.53. The Labute approximate surface area is 155 Å². The van der Waals surface area contributed by atoms with E-state index in [-0.39, 0.29) is 11.8 Å². The SMILES string of the molecule is CC1CCN(C(=O)c2cnn(C)c2)CC1c1ncc2cnc3[nH]ccc3n12. The van der Waals surface area contributed by atoms with Crippen LogP contribution in [0.3, 0.4) is 0 Å². The van der Waals surface area contributed by atoms with E-state index in [4.69, 9.17) is 4.98 Å². The van der Waals surface area contributed by atoms with E-state index in [1.165, 1.54) is 0 Å². The van der Waals surface area contributed by atoms with Crippen LogP contribution in [0.4, 0.5) is 0 Å². The maximum atomic E-state index is 12.9. The van der Waals surface area contributed by atoms with Gasteiger partial charge in [-0.2, -0.15) is 5.10 Å². The standard InChI is InChI=1S/C19H21N7O/c1-12-4-6-25(19(27)13-7-23-24(2)10-13)11-15(12)18-22-9-14-8-21-17-16(26(14)18)3-5-20-17/h3,5,7-10,12,15,20H,4,6,11H2,1-2H3. The number of hydrogen-bond donors (Lipinski definition) is 1. The smallest absolute Gasteiger partial charge is 0.257 e. The molecular formula is C19H21N7O. The molecular weight excluding hydrogens is 342 g/mol. The summed E-state index contributed by atoms with van der Waals surface area (Å²) in [4.78, 5) is 27.2. The van der Waals surface area contributed by atoms with Gasteiger partial charge in [0.25, 0.3) is 5.91 Å².